The minimum Gasteiger partial charge on any atom is -0.351 e. The molecule has 2 fully saturated rings. The lowest BCUT2D eigenvalue weighted by Crippen LogP contribution is -2.41. The Labute approximate surface area is 197 Å². The monoisotopic (exact) mass is 486 g/mol. The molecule has 3 unspecified atom stereocenters. The first kappa shape index (κ1) is 21.9. The molecule has 33 heavy (non-hydrogen) atoms. The maximum Gasteiger partial charge on any atom is 0.328 e. The zero-order valence-corrected chi connectivity index (χ0v) is 19.3. The van der Waals surface area contributed by atoms with Crippen LogP contribution in [0, 0.1) is 5.92 Å². The number of hydrogen-bond donors (Lipinski definition) is 1. The molecule has 5 amide bonds. The number of piperidine rings is 1. The van der Waals surface area contributed by atoms with Crippen LogP contribution in [0.2, 0.25) is 0 Å². The summed E-state index contributed by atoms with van der Waals surface area (Å²) < 4.78 is 1.42. The summed E-state index contributed by atoms with van der Waals surface area (Å²) in [7, 11) is 0. The Morgan fingerprint density at radius 3 is 2.36 bits per heavy atom. The highest BCUT2D eigenvalue weighted by Crippen LogP contribution is 2.53. The maximum absolute atomic E-state index is 13.1. The van der Waals surface area contributed by atoms with Gasteiger partial charge in [0.25, 0.3) is 5.91 Å². The predicted molar refractivity (Wildman–Crippen MR) is 122 cm³/mol. The van der Waals surface area contributed by atoms with Crippen LogP contribution in [0.3, 0.4) is 0 Å². The predicted octanol–water partition coefficient (Wildman–Crippen LogP) is 1.59. The van der Waals surface area contributed by atoms with Gasteiger partial charge in [-0.05, 0) is 24.8 Å². The lowest BCUT2D eigenvalue weighted by Gasteiger charge is -2.31. The van der Waals surface area contributed by atoms with Gasteiger partial charge >= 0.3 is 10.9 Å². The molecule has 0 spiro atoms. The number of thioether (sulfide) groups is 1. The number of fused-ring (bicyclic) bond motifs is 2. The second kappa shape index (κ2) is 8.45. The van der Waals surface area contributed by atoms with E-state index in [0.29, 0.717) is 27.9 Å². The van der Waals surface area contributed by atoms with Crippen molar-refractivity contribution in [3.63, 3.8) is 0 Å². The summed E-state index contributed by atoms with van der Waals surface area (Å²) in [5, 5.41) is -0.383. The number of thiazole rings is 1. The molecule has 2 N–H and O–H groups in total. The Bertz CT molecular complexity index is 1200. The zero-order valence-electron chi connectivity index (χ0n) is 17.6. The first-order valence-electron chi connectivity index (χ1n) is 10.8. The molecule has 11 heteroatoms. The number of aromatic nitrogens is 1. The molecule has 1 aromatic carbocycles. The molecule has 9 nitrogen and oxygen atoms in total. The number of nitrogens with two attached hydrogens (primary N) is 1. The fourth-order valence-corrected chi connectivity index (χ4v) is 7.64. The largest absolute Gasteiger partial charge is 0.351 e. The van der Waals surface area contributed by atoms with Gasteiger partial charge in [-0.15, -0.1) is 0 Å². The fourth-order valence-electron chi connectivity index (χ4n) is 4.87. The third-order valence-corrected chi connectivity index (χ3v) is 9.03. The van der Waals surface area contributed by atoms with Gasteiger partial charge in [0.05, 0.1) is 10.9 Å². The van der Waals surface area contributed by atoms with Crippen molar-refractivity contribution in [1.29, 1.82) is 0 Å². The average molecular weight is 487 g/mol. The smallest absolute Gasteiger partial charge is 0.328 e. The highest BCUT2D eigenvalue weighted by molar-refractivity contribution is 8.00. The number of urea groups is 1. The van der Waals surface area contributed by atoms with Crippen LogP contribution in [-0.4, -0.2) is 56.5 Å². The molecular weight excluding hydrogens is 464 g/mol. The van der Waals surface area contributed by atoms with Gasteiger partial charge in [0.15, 0.2) is 0 Å². The molecule has 4 heterocycles. The molecule has 172 valence electrons. The number of likely N-dealkylation sites (tertiary alicyclic amines) is 2. The molecule has 3 aliphatic rings. The van der Waals surface area contributed by atoms with E-state index in [1.807, 2.05) is 30.3 Å². The molecule has 2 saturated heterocycles. The van der Waals surface area contributed by atoms with Gasteiger partial charge in [-0.2, -0.15) is 4.90 Å². The molecule has 0 aliphatic carbocycles. The van der Waals surface area contributed by atoms with Crippen molar-refractivity contribution >= 4 is 46.9 Å². The van der Waals surface area contributed by atoms with Gasteiger partial charge in [0, 0.05) is 23.9 Å². The summed E-state index contributed by atoms with van der Waals surface area (Å²) in [6, 6.07) is 8.03. The van der Waals surface area contributed by atoms with E-state index in [2.05, 4.69) is 0 Å². The molecular formula is C22H22N4O5S2. The van der Waals surface area contributed by atoms with Crippen LogP contribution in [0.4, 0.5) is 4.79 Å². The third-order valence-electron chi connectivity index (χ3n) is 6.43. The molecule has 1 aromatic heterocycles. The summed E-state index contributed by atoms with van der Waals surface area (Å²) in [4.78, 5) is 66.5. The molecule has 0 radical (unpaired) electrons. The van der Waals surface area contributed by atoms with Crippen LogP contribution in [0.25, 0.3) is 0 Å². The van der Waals surface area contributed by atoms with Crippen LogP contribution in [-0.2, 0) is 20.9 Å². The number of carbonyl (C=O) groups excluding carboxylic acids is 4. The van der Waals surface area contributed by atoms with E-state index in [4.69, 9.17) is 5.73 Å². The van der Waals surface area contributed by atoms with E-state index >= 15 is 0 Å². The normalized spacial score (nSPS) is 24.5. The van der Waals surface area contributed by atoms with Crippen molar-refractivity contribution < 1.29 is 19.2 Å². The van der Waals surface area contributed by atoms with E-state index in [-0.39, 0.29) is 17.3 Å². The van der Waals surface area contributed by atoms with Crippen molar-refractivity contribution in [3.8, 4) is 0 Å². The first-order valence-corrected chi connectivity index (χ1v) is 12.5. The third kappa shape index (κ3) is 3.59. The lowest BCUT2D eigenvalue weighted by atomic mass is 9.83. The van der Waals surface area contributed by atoms with Gasteiger partial charge in [0.1, 0.15) is 11.8 Å². The highest BCUT2D eigenvalue weighted by Gasteiger charge is 2.57. The minimum absolute atomic E-state index is 0.113. The Morgan fingerprint density at radius 1 is 1.00 bits per heavy atom. The first-order chi connectivity index (χ1) is 15.9. The number of carbonyl (C=O) groups is 4. The molecule has 2 aromatic rings. The number of rotatable bonds is 3. The Kier molecular flexibility index (Phi) is 5.61. The molecule has 5 rings (SSSR count). The van der Waals surface area contributed by atoms with Crippen molar-refractivity contribution in [2.24, 2.45) is 11.7 Å². The van der Waals surface area contributed by atoms with Crippen molar-refractivity contribution in [3.05, 3.63) is 50.4 Å². The molecule has 0 saturated carbocycles. The number of benzene rings is 1. The van der Waals surface area contributed by atoms with E-state index in [1.54, 1.807) is 4.90 Å². The summed E-state index contributed by atoms with van der Waals surface area (Å²) in [5.74, 6) is -2.90. The SMILES string of the molecule is NC(=O)N1C(=O)C2Sc3c(sc(=O)n3CC(=O)N3CCCCC3)C(c3ccccc3)C2C1=O. The van der Waals surface area contributed by atoms with Gasteiger partial charge in [-0.25, -0.2) is 4.79 Å². The van der Waals surface area contributed by atoms with E-state index < -0.39 is 34.9 Å². The Balaban J connectivity index is 1.58. The van der Waals surface area contributed by atoms with E-state index in [1.165, 1.54) is 4.57 Å². The fraction of sp³-hybridized carbons (Fsp3) is 0.409. The maximum atomic E-state index is 13.1. The standard InChI is InChI=1S/C22H22N4O5S2/c23-21(30)26-18(28)15-14(12-7-3-1-4-8-12)17-20(32-16(15)19(26)29)25(22(31)33-17)11-13(27)24-9-5-2-6-10-24/h1,3-4,7-8,14-16H,2,5-6,9-11H2,(H2,23,30). The summed E-state index contributed by atoms with van der Waals surface area (Å²) in [6.07, 6.45) is 2.97. The number of hydrogen-bond acceptors (Lipinski definition) is 7. The topological polar surface area (TPSA) is 123 Å². The van der Waals surface area contributed by atoms with Gasteiger partial charge in [-0.1, -0.05) is 53.4 Å². The summed E-state index contributed by atoms with van der Waals surface area (Å²) in [5.41, 5.74) is 6.09. The molecule has 3 atom stereocenters. The van der Waals surface area contributed by atoms with Crippen molar-refractivity contribution in [1.82, 2.24) is 14.4 Å². The second-order valence-corrected chi connectivity index (χ2v) is 10.5. The number of nitrogens with zero attached hydrogens (tertiary/aromatic N) is 3. The van der Waals surface area contributed by atoms with E-state index in [9.17, 15) is 24.0 Å². The van der Waals surface area contributed by atoms with Crippen molar-refractivity contribution in [2.75, 3.05) is 13.1 Å². The van der Waals surface area contributed by atoms with Crippen LogP contribution < -0.4 is 10.6 Å². The highest BCUT2D eigenvalue weighted by atomic mass is 32.2. The molecule has 0 bridgehead atoms. The van der Waals surface area contributed by atoms with Gasteiger partial charge in [0.2, 0.25) is 11.8 Å². The Hall–Kier alpha value is -2.92. The van der Waals surface area contributed by atoms with Crippen LogP contribution in [0.1, 0.15) is 35.6 Å². The zero-order chi connectivity index (χ0) is 23.3. The summed E-state index contributed by atoms with van der Waals surface area (Å²) in [6.45, 7) is 1.23. The summed E-state index contributed by atoms with van der Waals surface area (Å²) >= 11 is 2.07. The lowest BCUT2D eigenvalue weighted by molar-refractivity contribution is -0.136. The number of primary amides is 1. The Morgan fingerprint density at radius 2 is 1.70 bits per heavy atom. The van der Waals surface area contributed by atoms with Crippen LogP contribution in [0.15, 0.2) is 40.2 Å². The van der Waals surface area contributed by atoms with Crippen LogP contribution in [0.5, 0.6) is 0 Å². The van der Waals surface area contributed by atoms with Crippen molar-refractivity contribution in [2.45, 2.75) is 42.0 Å². The van der Waals surface area contributed by atoms with Crippen LogP contribution >= 0.6 is 23.1 Å². The number of amides is 5. The van der Waals surface area contributed by atoms with Gasteiger partial charge in [-0.3, -0.25) is 23.7 Å². The minimum atomic E-state index is -1.10. The molecule has 3 aliphatic heterocycles. The average Bonchev–Trinajstić information content (AvgIpc) is 3.26. The second-order valence-electron chi connectivity index (χ2n) is 8.37. The quantitative estimate of drug-likeness (QED) is 0.658. The van der Waals surface area contributed by atoms with Gasteiger partial charge < -0.3 is 10.6 Å². The van der Waals surface area contributed by atoms with E-state index in [0.717, 1.165) is 47.9 Å². The number of imide groups is 3.